The lowest BCUT2D eigenvalue weighted by molar-refractivity contribution is 0.282. The Hall–Kier alpha value is -1.90. The second kappa shape index (κ2) is 16.7. The second-order valence-electron chi connectivity index (χ2n) is 9.03. The van der Waals surface area contributed by atoms with Gasteiger partial charge in [-0.3, -0.25) is 4.98 Å². The third kappa shape index (κ3) is 11.1. The van der Waals surface area contributed by atoms with Crippen molar-refractivity contribution >= 4 is 0 Å². The van der Waals surface area contributed by atoms with E-state index in [2.05, 4.69) is 43.1 Å². The maximum Gasteiger partial charge on any atom is 0.119 e. The zero-order chi connectivity index (χ0) is 22.9. The molecule has 32 heavy (non-hydrogen) atoms. The molecule has 1 atom stereocenters. The number of unbranched alkanes of at least 4 members (excludes halogenated alkanes) is 8. The van der Waals surface area contributed by atoms with Gasteiger partial charge in [0.2, 0.25) is 0 Å². The highest BCUT2D eigenvalue weighted by Crippen LogP contribution is 2.22. The van der Waals surface area contributed by atoms with Crippen LogP contribution in [0.3, 0.4) is 0 Å². The molecule has 0 amide bonds. The summed E-state index contributed by atoms with van der Waals surface area (Å²) in [6, 6.07) is 12.4. The summed E-state index contributed by atoms with van der Waals surface area (Å²) in [5.41, 5.74) is 3.25. The van der Waals surface area contributed by atoms with Gasteiger partial charge in [0.25, 0.3) is 0 Å². The number of nitrogens with zero attached hydrogens (tertiary/aromatic N) is 1. The molecular formula is C29H44FNO. The molecule has 0 aliphatic rings. The van der Waals surface area contributed by atoms with E-state index >= 15 is 0 Å². The molecule has 0 saturated heterocycles. The molecule has 0 saturated carbocycles. The number of benzene rings is 1. The first kappa shape index (κ1) is 26.4. The predicted molar refractivity (Wildman–Crippen MR) is 135 cm³/mol. The van der Waals surface area contributed by atoms with Gasteiger partial charge in [-0.1, -0.05) is 77.7 Å². The van der Waals surface area contributed by atoms with E-state index in [0.29, 0.717) is 6.42 Å². The normalized spacial score (nSPS) is 12.1. The summed E-state index contributed by atoms with van der Waals surface area (Å²) in [5.74, 6) is 0.923. The van der Waals surface area contributed by atoms with Crippen molar-refractivity contribution in [1.82, 2.24) is 4.98 Å². The number of ether oxygens (including phenoxy) is 1. The number of hydrogen-bond acceptors (Lipinski definition) is 2. The summed E-state index contributed by atoms with van der Waals surface area (Å²) in [5, 5.41) is 0. The van der Waals surface area contributed by atoms with E-state index in [1.165, 1.54) is 56.9 Å². The van der Waals surface area contributed by atoms with Gasteiger partial charge in [-0.15, -0.1) is 0 Å². The molecule has 1 aromatic carbocycles. The van der Waals surface area contributed by atoms with Gasteiger partial charge in [0, 0.05) is 11.8 Å². The second-order valence-corrected chi connectivity index (χ2v) is 9.03. The third-order valence-electron chi connectivity index (χ3n) is 6.10. The van der Waals surface area contributed by atoms with E-state index in [0.717, 1.165) is 55.7 Å². The first-order chi connectivity index (χ1) is 15.7. The number of halogens is 1. The molecule has 1 heterocycles. The van der Waals surface area contributed by atoms with Gasteiger partial charge < -0.3 is 4.74 Å². The van der Waals surface area contributed by atoms with Crippen LogP contribution in [0.5, 0.6) is 5.75 Å². The van der Waals surface area contributed by atoms with Crippen LogP contribution < -0.4 is 4.74 Å². The van der Waals surface area contributed by atoms with E-state index < -0.39 is 6.17 Å². The summed E-state index contributed by atoms with van der Waals surface area (Å²) in [4.78, 5) is 4.62. The number of hydrogen-bond donors (Lipinski definition) is 0. The minimum absolute atomic E-state index is 0.652. The molecule has 0 aliphatic carbocycles. The molecule has 2 nitrogen and oxygen atoms in total. The van der Waals surface area contributed by atoms with Crippen molar-refractivity contribution in [1.29, 1.82) is 0 Å². The van der Waals surface area contributed by atoms with Crippen LogP contribution in [0.15, 0.2) is 42.6 Å². The van der Waals surface area contributed by atoms with Gasteiger partial charge >= 0.3 is 0 Å². The van der Waals surface area contributed by atoms with Crippen LogP contribution >= 0.6 is 0 Å². The SMILES string of the molecule is CCCCCCCOc1ccc(-c2ccc(CCCC(F)CCCCCCC)cn2)cc1. The maximum atomic E-state index is 14.1. The molecule has 0 radical (unpaired) electrons. The van der Waals surface area contributed by atoms with Gasteiger partial charge in [0.1, 0.15) is 11.9 Å². The van der Waals surface area contributed by atoms with Gasteiger partial charge in [0.15, 0.2) is 0 Å². The fourth-order valence-electron chi connectivity index (χ4n) is 4.00. The molecule has 0 aliphatic heterocycles. The molecule has 0 spiro atoms. The van der Waals surface area contributed by atoms with Crippen molar-refractivity contribution in [3.05, 3.63) is 48.2 Å². The average molecular weight is 442 g/mol. The van der Waals surface area contributed by atoms with Crippen molar-refractivity contribution in [3.8, 4) is 17.0 Å². The molecule has 2 aromatic rings. The molecule has 0 N–H and O–H groups in total. The lowest BCUT2D eigenvalue weighted by atomic mass is 10.0. The predicted octanol–water partition coefficient (Wildman–Crippen LogP) is 9.12. The number of alkyl halides is 1. The summed E-state index contributed by atoms with van der Waals surface area (Å²) >= 11 is 0. The van der Waals surface area contributed by atoms with Crippen LogP contribution in [0.1, 0.15) is 103 Å². The van der Waals surface area contributed by atoms with E-state index in [4.69, 9.17) is 4.74 Å². The third-order valence-corrected chi connectivity index (χ3v) is 6.10. The molecule has 3 heteroatoms. The Kier molecular flexibility index (Phi) is 13.7. The molecule has 1 unspecified atom stereocenters. The number of pyridine rings is 1. The van der Waals surface area contributed by atoms with Crippen molar-refractivity contribution in [2.45, 2.75) is 110 Å². The topological polar surface area (TPSA) is 22.1 Å². The Balaban J connectivity index is 1.66. The Morgan fingerprint density at radius 1 is 0.750 bits per heavy atom. The molecule has 178 valence electrons. The van der Waals surface area contributed by atoms with Crippen molar-refractivity contribution in [2.24, 2.45) is 0 Å². The molecule has 0 bridgehead atoms. The Morgan fingerprint density at radius 3 is 2.06 bits per heavy atom. The Labute approximate surface area is 196 Å². The van der Waals surface area contributed by atoms with Crippen LogP contribution in [-0.2, 0) is 6.42 Å². The maximum absolute atomic E-state index is 14.1. The van der Waals surface area contributed by atoms with E-state index in [1.54, 1.807) is 0 Å². The minimum Gasteiger partial charge on any atom is -0.494 e. The van der Waals surface area contributed by atoms with Gasteiger partial charge in [-0.25, -0.2) is 4.39 Å². The van der Waals surface area contributed by atoms with E-state index in [9.17, 15) is 4.39 Å². The van der Waals surface area contributed by atoms with Crippen LogP contribution in [0.25, 0.3) is 11.3 Å². The summed E-state index contributed by atoms with van der Waals surface area (Å²) in [7, 11) is 0. The van der Waals surface area contributed by atoms with Gasteiger partial charge in [-0.2, -0.15) is 0 Å². The fraction of sp³-hybridized carbons (Fsp3) is 0.621. The number of aromatic nitrogens is 1. The number of aryl methyl sites for hydroxylation is 1. The first-order valence-electron chi connectivity index (χ1n) is 13.0. The lowest BCUT2D eigenvalue weighted by Gasteiger charge is -2.09. The first-order valence-corrected chi connectivity index (χ1v) is 13.0. The standard InChI is InChI=1S/C29H44FNO/c1-3-5-7-9-11-15-27(30)16-13-14-25-17-22-29(31-24-25)26-18-20-28(21-19-26)32-23-12-10-8-6-4-2/h17-22,24,27H,3-16,23H2,1-2H3. The van der Waals surface area contributed by atoms with Crippen LogP contribution in [0.4, 0.5) is 4.39 Å². The Bertz CT molecular complexity index is 698. The van der Waals surface area contributed by atoms with E-state index in [-0.39, 0.29) is 0 Å². The highest BCUT2D eigenvalue weighted by molar-refractivity contribution is 5.60. The monoisotopic (exact) mass is 441 g/mol. The minimum atomic E-state index is -0.652. The van der Waals surface area contributed by atoms with Crippen LogP contribution in [0.2, 0.25) is 0 Å². The van der Waals surface area contributed by atoms with Crippen molar-refractivity contribution in [2.75, 3.05) is 6.61 Å². The lowest BCUT2D eigenvalue weighted by Crippen LogP contribution is -2.01. The molecule has 1 aromatic heterocycles. The highest BCUT2D eigenvalue weighted by atomic mass is 19.1. The molecule has 2 rings (SSSR count). The van der Waals surface area contributed by atoms with Crippen LogP contribution in [0, 0.1) is 0 Å². The largest absolute Gasteiger partial charge is 0.494 e. The van der Waals surface area contributed by atoms with Crippen LogP contribution in [-0.4, -0.2) is 17.8 Å². The fourth-order valence-corrected chi connectivity index (χ4v) is 4.00. The summed E-state index contributed by atoms with van der Waals surface area (Å²) in [6.07, 6.45) is 16.7. The number of rotatable bonds is 18. The average Bonchev–Trinajstić information content (AvgIpc) is 2.82. The van der Waals surface area contributed by atoms with Gasteiger partial charge in [-0.05, 0) is 68.0 Å². The van der Waals surface area contributed by atoms with Crippen molar-refractivity contribution in [3.63, 3.8) is 0 Å². The summed E-state index contributed by atoms with van der Waals surface area (Å²) < 4.78 is 19.9. The molecular weight excluding hydrogens is 397 g/mol. The van der Waals surface area contributed by atoms with Crippen molar-refractivity contribution < 1.29 is 9.13 Å². The zero-order valence-electron chi connectivity index (χ0n) is 20.5. The van der Waals surface area contributed by atoms with Gasteiger partial charge in [0.05, 0.1) is 12.3 Å². The summed E-state index contributed by atoms with van der Waals surface area (Å²) in [6.45, 7) is 5.23. The smallest absolute Gasteiger partial charge is 0.119 e. The molecule has 0 fully saturated rings. The van der Waals surface area contributed by atoms with E-state index in [1.807, 2.05) is 18.3 Å². The quantitative estimate of drug-likeness (QED) is 0.215. The highest BCUT2D eigenvalue weighted by Gasteiger charge is 2.07. The zero-order valence-corrected chi connectivity index (χ0v) is 20.5. The Morgan fingerprint density at radius 2 is 1.41 bits per heavy atom.